The lowest BCUT2D eigenvalue weighted by Gasteiger charge is -2.46. The van der Waals surface area contributed by atoms with Crippen molar-refractivity contribution in [2.45, 2.75) is 141 Å². The summed E-state index contributed by atoms with van der Waals surface area (Å²) < 4.78 is 30.6. The highest BCUT2D eigenvalue weighted by Crippen LogP contribution is 2.41. The van der Waals surface area contributed by atoms with Crippen molar-refractivity contribution in [1.82, 2.24) is 9.80 Å². The number of amides is 1. The van der Waals surface area contributed by atoms with E-state index >= 15 is 0 Å². The Kier molecular flexibility index (Phi) is 14.0. The third-order valence-electron chi connectivity index (χ3n) is 10.8. The fraction of sp³-hybridized carbons (Fsp3) is 0.882. The normalized spacial score (nSPS) is 39.6. The number of rotatable bonds is 10. The van der Waals surface area contributed by atoms with Crippen molar-refractivity contribution in [3.63, 3.8) is 0 Å². The number of ketones is 2. The van der Waals surface area contributed by atoms with Gasteiger partial charge in [-0.1, -0.05) is 25.9 Å². The van der Waals surface area contributed by atoms with Gasteiger partial charge >= 0.3 is 12.1 Å². The summed E-state index contributed by atoms with van der Waals surface area (Å²) in [6.07, 6.45) is -3.18. The maximum atomic E-state index is 14.1. The van der Waals surface area contributed by atoms with Crippen molar-refractivity contribution in [2.24, 2.45) is 22.9 Å². The van der Waals surface area contributed by atoms with Crippen LogP contribution in [0.1, 0.15) is 87.0 Å². The molecular formula is C34H57N5O10. The Morgan fingerprint density at radius 2 is 1.80 bits per heavy atom. The number of aliphatic hydroxyl groups is 1. The highest BCUT2D eigenvalue weighted by atomic mass is 16.7. The molecule has 3 aliphatic rings. The van der Waals surface area contributed by atoms with Crippen LogP contribution in [-0.4, -0.2) is 127 Å². The van der Waals surface area contributed by atoms with Crippen LogP contribution in [0.3, 0.4) is 0 Å². The van der Waals surface area contributed by atoms with Gasteiger partial charge in [0.1, 0.15) is 23.9 Å². The molecule has 0 spiro atoms. The number of methoxy groups -OCH3 is 1. The first-order valence-electron chi connectivity index (χ1n) is 17.4. The van der Waals surface area contributed by atoms with Crippen LogP contribution >= 0.6 is 0 Å². The lowest BCUT2D eigenvalue weighted by Crippen LogP contribution is -2.59. The highest BCUT2D eigenvalue weighted by Gasteiger charge is 2.58. The molecule has 0 aliphatic carbocycles. The zero-order chi connectivity index (χ0) is 36.8. The molecule has 0 aromatic heterocycles. The van der Waals surface area contributed by atoms with Crippen LogP contribution < -0.4 is 0 Å². The summed E-state index contributed by atoms with van der Waals surface area (Å²) in [5, 5.41) is 14.9. The van der Waals surface area contributed by atoms with Gasteiger partial charge in [0.2, 0.25) is 0 Å². The molecule has 1 amide bonds. The van der Waals surface area contributed by atoms with E-state index in [4.69, 9.17) is 29.2 Å². The first-order chi connectivity index (χ1) is 22.9. The van der Waals surface area contributed by atoms with Crippen LogP contribution in [0.5, 0.6) is 0 Å². The minimum atomic E-state index is -1.38. The number of hydrogen-bond acceptors (Lipinski definition) is 12. The predicted octanol–water partition coefficient (Wildman–Crippen LogP) is 4.03. The van der Waals surface area contributed by atoms with Crippen LogP contribution in [0.4, 0.5) is 4.79 Å². The molecule has 15 heteroatoms. The Balaban J connectivity index is 2.05. The Morgan fingerprint density at radius 1 is 1.12 bits per heavy atom. The third-order valence-corrected chi connectivity index (χ3v) is 10.8. The third kappa shape index (κ3) is 8.92. The predicted molar refractivity (Wildman–Crippen MR) is 178 cm³/mol. The Hall–Kier alpha value is -2.81. The number of unbranched alkanes of at least 4 members (excludes halogenated alkanes) is 1. The molecule has 12 atom stereocenters. The molecule has 3 saturated heterocycles. The van der Waals surface area contributed by atoms with Crippen molar-refractivity contribution >= 4 is 23.6 Å². The van der Waals surface area contributed by atoms with Gasteiger partial charge in [-0.05, 0) is 79.4 Å². The van der Waals surface area contributed by atoms with Gasteiger partial charge in [-0.2, -0.15) is 0 Å². The Bertz CT molecular complexity index is 1250. The number of nitrogens with zero attached hydrogens (tertiary/aromatic N) is 5. The summed E-state index contributed by atoms with van der Waals surface area (Å²) in [5.74, 6) is -4.25. The molecule has 3 rings (SSSR count). The van der Waals surface area contributed by atoms with Gasteiger partial charge in [-0.25, -0.2) is 4.79 Å². The smallest absolute Gasteiger partial charge is 0.410 e. The second-order valence-corrected chi connectivity index (χ2v) is 14.6. The fourth-order valence-corrected chi connectivity index (χ4v) is 7.63. The molecule has 1 N–H and O–H groups in total. The number of likely N-dealkylation sites (N-methyl/N-ethyl adjacent to an activating group) is 1. The number of ether oxygens (including phenoxy) is 5. The van der Waals surface area contributed by atoms with E-state index in [1.165, 1.54) is 18.9 Å². The zero-order valence-corrected chi connectivity index (χ0v) is 30.8. The summed E-state index contributed by atoms with van der Waals surface area (Å²) in [4.78, 5) is 61.4. The lowest BCUT2D eigenvalue weighted by atomic mass is 9.76. The number of aliphatic hydroxyl groups excluding tert-OH is 1. The van der Waals surface area contributed by atoms with E-state index < -0.39 is 77.4 Å². The number of hydrogen-bond donors (Lipinski definition) is 1. The monoisotopic (exact) mass is 695 g/mol. The van der Waals surface area contributed by atoms with Crippen LogP contribution in [0.2, 0.25) is 0 Å². The highest BCUT2D eigenvalue weighted by molar-refractivity contribution is 6.00. The number of carbonyl (C=O) groups is 4. The summed E-state index contributed by atoms with van der Waals surface area (Å²) in [5.41, 5.74) is 5.98. The fourth-order valence-electron chi connectivity index (χ4n) is 7.63. The number of esters is 1. The van der Waals surface area contributed by atoms with Crippen LogP contribution in [0, 0.1) is 17.8 Å². The van der Waals surface area contributed by atoms with Gasteiger partial charge in [0.15, 0.2) is 17.7 Å². The number of Topliss-reactive ketones (excluding diaryl/α,β-unsaturated/α-hetero) is 2. The Labute approximate surface area is 289 Å². The molecule has 3 unspecified atom stereocenters. The zero-order valence-electron chi connectivity index (χ0n) is 30.8. The molecule has 3 heterocycles. The number of carbonyl (C=O) groups excluding carboxylic acids is 4. The van der Waals surface area contributed by atoms with E-state index in [1.807, 2.05) is 25.9 Å². The summed E-state index contributed by atoms with van der Waals surface area (Å²) in [6.45, 7) is 12.5. The molecule has 3 fully saturated rings. The first-order valence-corrected chi connectivity index (χ1v) is 17.4. The van der Waals surface area contributed by atoms with E-state index in [1.54, 1.807) is 34.6 Å². The van der Waals surface area contributed by atoms with Gasteiger partial charge in [-0.15, -0.1) is 0 Å². The molecule has 49 heavy (non-hydrogen) atoms. The molecule has 0 aromatic carbocycles. The molecule has 0 bridgehead atoms. The van der Waals surface area contributed by atoms with Crippen LogP contribution in [0.15, 0.2) is 5.11 Å². The van der Waals surface area contributed by atoms with Crippen molar-refractivity contribution < 1.29 is 48.0 Å². The minimum Gasteiger partial charge on any atom is -0.458 e. The maximum Gasteiger partial charge on any atom is 0.410 e. The summed E-state index contributed by atoms with van der Waals surface area (Å²) >= 11 is 0. The van der Waals surface area contributed by atoms with Crippen LogP contribution in [-0.2, 0) is 38.1 Å². The molecule has 0 aromatic rings. The quantitative estimate of drug-likeness (QED) is 0.0867. The SMILES string of the molecule is CC[C@H]1OC(=O)[C@H](C)C(=O)[C@H](C)[C@@H](O[C@@H]2OC(C)CC(N(C)C)C2O)[C@](C)(OC)C[C@@H](C)C(=O)C[C@H]2N(CCCCN=[N+]=[N-])C(=O)O[C@]12C. The average Bonchev–Trinajstić information content (AvgIpc) is 3.29. The average molecular weight is 696 g/mol. The molecule has 278 valence electrons. The van der Waals surface area contributed by atoms with E-state index in [-0.39, 0.29) is 50.3 Å². The molecule has 3 aliphatic heterocycles. The Morgan fingerprint density at radius 3 is 2.39 bits per heavy atom. The number of fused-ring (bicyclic) bond motifs is 1. The largest absolute Gasteiger partial charge is 0.458 e. The molecule has 0 radical (unpaired) electrons. The van der Waals surface area contributed by atoms with Crippen LogP contribution in [0.25, 0.3) is 10.4 Å². The summed E-state index contributed by atoms with van der Waals surface area (Å²) in [7, 11) is 5.19. The van der Waals surface area contributed by atoms with Crippen molar-refractivity contribution in [2.75, 3.05) is 34.3 Å². The van der Waals surface area contributed by atoms with Gasteiger partial charge in [0, 0.05) is 49.4 Å². The standard InChI is InChI=1S/C34H57N5O10/c1-11-26-34(7)25(39(32(44)49-34)15-13-12-14-36-37-35)17-24(40)19(2)18-33(6,45-10)29(21(4)27(41)22(5)30(43)47-26)48-31-28(42)23(38(8)9)16-20(3)46-31/h19-23,25-26,28-29,31,42H,11-18H2,1-10H3/t19-,20?,21+,22-,23?,25-,26-,28?,29-,31+,33-,34+/m1/s1. The van der Waals surface area contributed by atoms with Crippen molar-refractivity contribution in [3.05, 3.63) is 10.4 Å². The number of azide groups is 1. The second kappa shape index (κ2) is 16.9. The van der Waals surface area contributed by atoms with E-state index in [0.717, 1.165) is 0 Å². The molecule has 0 saturated carbocycles. The molecule has 15 nitrogen and oxygen atoms in total. The van der Waals surface area contributed by atoms with E-state index in [9.17, 15) is 24.3 Å². The van der Waals surface area contributed by atoms with Gasteiger partial charge in [0.25, 0.3) is 0 Å². The number of cyclic esters (lactones) is 1. The van der Waals surface area contributed by atoms with Crippen molar-refractivity contribution in [3.8, 4) is 0 Å². The second-order valence-electron chi connectivity index (χ2n) is 14.6. The van der Waals surface area contributed by atoms with E-state index in [2.05, 4.69) is 10.0 Å². The first kappa shape index (κ1) is 40.6. The summed E-state index contributed by atoms with van der Waals surface area (Å²) in [6, 6.07) is -1.06. The topological polar surface area (TPSA) is 190 Å². The minimum absolute atomic E-state index is 0.0877. The van der Waals surface area contributed by atoms with Gasteiger partial charge in [-0.3, -0.25) is 14.4 Å². The van der Waals surface area contributed by atoms with Gasteiger partial charge in [0.05, 0.1) is 23.9 Å². The molecular weight excluding hydrogens is 638 g/mol. The maximum absolute atomic E-state index is 14.1. The lowest BCUT2D eigenvalue weighted by molar-refractivity contribution is -0.295. The van der Waals surface area contributed by atoms with Gasteiger partial charge < -0.3 is 38.6 Å². The van der Waals surface area contributed by atoms with E-state index in [0.29, 0.717) is 19.3 Å². The van der Waals surface area contributed by atoms with Crippen molar-refractivity contribution in [1.29, 1.82) is 0 Å².